The van der Waals surface area contributed by atoms with Gasteiger partial charge in [0.15, 0.2) is 0 Å². The second kappa shape index (κ2) is 7.58. The van der Waals surface area contributed by atoms with Crippen LogP contribution in [0.4, 0.5) is 0 Å². The molecule has 0 heterocycles. The lowest BCUT2D eigenvalue weighted by Gasteiger charge is -2.09. The summed E-state index contributed by atoms with van der Waals surface area (Å²) in [5, 5.41) is 1.23. The molecule has 0 aliphatic heterocycles. The molecule has 21 heavy (non-hydrogen) atoms. The van der Waals surface area contributed by atoms with Gasteiger partial charge in [-0.2, -0.15) is 0 Å². The number of benzene rings is 2. The quantitative estimate of drug-likeness (QED) is 0.314. The van der Waals surface area contributed by atoms with Crippen molar-refractivity contribution in [2.45, 2.75) is 4.90 Å². The zero-order chi connectivity index (χ0) is 15.3. The summed E-state index contributed by atoms with van der Waals surface area (Å²) in [6.45, 7) is 0. The summed E-state index contributed by atoms with van der Waals surface area (Å²) < 4.78 is 34.3. The van der Waals surface area contributed by atoms with Gasteiger partial charge < -0.3 is 10.0 Å². The normalized spacial score (nSPS) is 10.0. The standard InChI is InChI=1S/C10H8O3S.C3H9N3.H2O/c11-14(12,13)10-7-3-5-8-4-1-2-6-9(8)10;1-6(2)3(4)5;/h1-7H,(H,11,12,13);1-2H3,(H3,4,5);1H2. The maximum Gasteiger partial charge on any atom is 0.340 e. The smallest absolute Gasteiger partial charge is 0.340 e. The molecule has 2 aromatic rings. The van der Waals surface area contributed by atoms with Gasteiger partial charge in [0.2, 0.25) is 0 Å². The van der Waals surface area contributed by atoms with Crippen LogP contribution in [-0.4, -0.2) is 43.1 Å². The fraction of sp³-hybridized carbons (Fsp3) is 0.154. The van der Waals surface area contributed by atoms with Gasteiger partial charge in [0.05, 0.1) is 19.0 Å². The second-order valence-electron chi connectivity index (χ2n) is 4.25. The molecule has 0 fully saturated rings. The third-order valence-corrected chi connectivity index (χ3v) is 3.43. The minimum atomic E-state index is -4.38. The topological polar surface area (TPSA) is 144 Å². The van der Waals surface area contributed by atoms with Crippen LogP contribution in [0.25, 0.3) is 10.8 Å². The molecule has 7 nitrogen and oxygen atoms in total. The van der Waals surface area contributed by atoms with Crippen molar-refractivity contribution in [3.05, 3.63) is 42.5 Å². The van der Waals surface area contributed by atoms with Crippen molar-refractivity contribution < 1.29 is 23.0 Å². The maximum absolute atomic E-state index is 10.9. The molecule has 0 atom stereocenters. The highest BCUT2D eigenvalue weighted by molar-refractivity contribution is 7.86. The Balaban J connectivity index is 0.000000495. The van der Waals surface area contributed by atoms with Crippen molar-refractivity contribution in [1.29, 1.82) is 0 Å². The van der Waals surface area contributed by atoms with Crippen LogP contribution in [0.15, 0.2) is 47.4 Å². The first-order chi connectivity index (χ1) is 9.23. The Labute approximate surface area is 123 Å². The van der Waals surface area contributed by atoms with E-state index in [9.17, 15) is 13.0 Å². The lowest BCUT2D eigenvalue weighted by molar-refractivity contribution is -0.466. The summed E-state index contributed by atoms with van der Waals surface area (Å²) in [6.07, 6.45) is 0. The van der Waals surface area contributed by atoms with Gasteiger partial charge in [0.1, 0.15) is 10.1 Å². The Bertz CT molecular complexity index is 719. The number of nitrogens with two attached hydrogens (primary N) is 2. The first-order valence-corrected chi connectivity index (χ1v) is 7.13. The summed E-state index contributed by atoms with van der Waals surface area (Å²) in [5.74, 6) is 0.343. The van der Waals surface area contributed by atoms with E-state index in [2.05, 4.69) is 0 Å². The van der Waals surface area contributed by atoms with Crippen LogP contribution in [0.2, 0.25) is 0 Å². The van der Waals surface area contributed by atoms with E-state index in [1.165, 1.54) is 6.07 Å². The molecule has 0 unspecified atom stereocenters. The van der Waals surface area contributed by atoms with Crippen LogP contribution in [0, 0.1) is 0 Å². The molecule has 116 valence electrons. The first kappa shape index (κ1) is 18.8. The number of rotatable bonds is 1. The van der Waals surface area contributed by atoms with E-state index >= 15 is 0 Å². The number of guanidine groups is 1. The van der Waals surface area contributed by atoms with Crippen LogP contribution in [0.3, 0.4) is 0 Å². The van der Waals surface area contributed by atoms with Crippen molar-refractivity contribution in [1.82, 2.24) is 0 Å². The van der Waals surface area contributed by atoms with E-state index in [-0.39, 0.29) is 10.4 Å². The van der Waals surface area contributed by atoms with E-state index in [1.54, 1.807) is 55.1 Å². The van der Waals surface area contributed by atoms with Crippen LogP contribution in [-0.2, 0) is 10.1 Å². The number of hydrogen-bond acceptors (Lipinski definition) is 3. The molecule has 0 aliphatic rings. The van der Waals surface area contributed by atoms with E-state index < -0.39 is 10.1 Å². The Morgan fingerprint density at radius 1 is 1.05 bits per heavy atom. The molecule has 0 radical (unpaired) electrons. The average molecular weight is 313 g/mol. The van der Waals surface area contributed by atoms with Gasteiger partial charge in [-0.15, -0.1) is 0 Å². The van der Waals surface area contributed by atoms with Crippen molar-refractivity contribution in [2.75, 3.05) is 14.1 Å². The van der Waals surface area contributed by atoms with E-state index in [1.807, 2.05) is 0 Å². The Morgan fingerprint density at radius 2 is 1.52 bits per heavy atom. The monoisotopic (exact) mass is 313 g/mol. The molecular formula is C13H19N3O4S. The predicted molar refractivity (Wildman–Crippen MR) is 81.0 cm³/mol. The van der Waals surface area contributed by atoms with Crippen LogP contribution in [0.1, 0.15) is 0 Å². The maximum atomic E-state index is 10.9. The van der Waals surface area contributed by atoms with Crippen molar-refractivity contribution in [3.8, 4) is 0 Å². The molecule has 0 saturated carbocycles. The van der Waals surface area contributed by atoms with Crippen LogP contribution >= 0.6 is 0 Å². The third-order valence-electron chi connectivity index (χ3n) is 2.54. The minimum Gasteiger partial charge on any atom is -0.744 e. The molecule has 0 aliphatic carbocycles. The Kier molecular flexibility index (Phi) is 6.80. The second-order valence-corrected chi connectivity index (χ2v) is 5.60. The predicted octanol–water partition coefficient (Wildman–Crippen LogP) is -0.549. The van der Waals surface area contributed by atoms with Crippen LogP contribution < -0.4 is 11.5 Å². The fourth-order valence-corrected chi connectivity index (χ4v) is 2.11. The van der Waals surface area contributed by atoms with Crippen LogP contribution in [0.5, 0.6) is 0 Å². The zero-order valence-corrected chi connectivity index (χ0v) is 12.6. The number of hydrogen-bond donors (Lipinski definition) is 2. The highest BCUT2D eigenvalue weighted by Gasteiger charge is 2.05. The number of fused-ring (bicyclic) bond motifs is 1. The molecule has 0 bridgehead atoms. The van der Waals surface area contributed by atoms with Crippen molar-refractivity contribution in [3.63, 3.8) is 0 Å². The lowest BCUT2D eigenvalue weighted by atomic mass is 10.1. The summed E-state index contributed by atoms with van der Waals surface area (Å²) in [7, 11) is -0.805. The van der Waals surface area contributed by atoms with Crippen molar-refractivity contribution >= 4 is 26.9 Å². The average Bonchev–Trinajstić information content (AvgIpc) is 2.37. The zero-order valence-electron chi connectivity index (χ0n) is 11.8. The largest absolute Gasteiger partial charge is 0.744 e. The lowest BCUT2D eigenvalue weighted by Crippen LogP contribution is -2.31. The molecule has 2 aromatic carbocycles. The van der Waals surface area contributed by atoms with Gasteiger partial charge in [-0.05, 0) is 16.8 Å². The Morgan fingerprint density at radius 3 is 2.00 bits per heavy atom. The van der Waals surface area contributed by atoms with Gasteiger partial charge in [0, 0.05) is 0 Å². The van der Waals surface area contributed by atoms with Crippen molar-refractivity contribution in [2.24, 2.45) is 11.5 Å². The van der Waals surface area contributed by atoms with Gasteiger partial charge >= 0.3 is 5.96 Å². The molecule has 2 rings (SSSR count). The first-order valence-electron chi connectivity index (χ1n) is 5.72. The molecule has 0 amide bonds. The summed E-state index contributed by atoms with van der Waals surface area (Å²) in [6, 6.07) is 11.5. The van der Waals surface area contributed by atoms with Gasteiger partial charge in [-0.3, -0.25) is 16.0 Å². The highest BCUT2D eigenvalue weighted by atomic mass is 32.2. The summed E-state index contributed by atoms with van der Waals surface area (Å²) in [4.78, 5) is -0.157. The van der Waals surface area contributed by atoms with Gasteiger partial charge in [0.25, 0.3) is 0 Å². The van der Waals surface area contributed by atoms with E-state index in [0.29, 0.717) is 11.3 Å². The van der Waals surface area contributed by atoms with Gasteiger partial charge in [-0.25, -0.2) is 8.42 Å². The van der Waals surface area contributed by atoms with E-state index in [4.69, 9.17) is 11.5 Å². The minimum absolute atomic E-state index is 0. The highest BCUT2D eigenvalue weighted by Crippen LogP contribution is 2.21. The molecule has 0 saturated heterocycles. The number of nitrogens with zero attached hydrogens (tertiary/aromatic N) is 1. The fourth-order valence-electron chi connectivity index (χ4n) is 1.41. The summed E-state index contributed by atoms with van der Waals surface area (Å²) in [5.41, 5.74) is 10.1. The van der Waals surface area contributed by atoms with Gasteiger partial charge in [-0.1, -0.05) is 36.4 Å². The molecule has 6 N–H and O–H groups in total. The Hall–Kier alpha value is -2.16. The molecule has 8 heteroatoms. The summed E-state index contributed by atoms with van der Waals surface area (Å²) >= 11 is 0. The molecular weight excluding hydrogens is 294 g/mol. The molecule has 0 aromatic heterocycles. The molecule has 0 spiro atoms. The SMILES string of the molecule is C[N+](C)=C(N)N.O.O=S(=O)([O-])c1cccc2ccccc12. The van der Waals surface area contributed by atoms with E-state index in [0.717, 1.165) is 5.39 Å². The third kappa shape index (κ3) is 5.38.